The maximum atomic E-state index is 13.0. The lowest BCUT2D eigenvalue weighted by Gasteiger charge is -2.32. The Balaban J connectivity index is 1.75. The number of fused-ring (bicyclic) bond motifs is 1. The van der Waals surface area contributed by atoms with Crippen LogP contribution in [0.2, 0.25) is 0 Å². The number of amides is 1. The second kappa shape index (κ2) is 7.74. The monoisotopic (exact) mass is 383 g/mol. The first kappa shape index (κ1) is 19.4. The van der Waals surface area contributed by atoms with Crippen LogP contribution in [0.4, 0.5) is 19.1 Å². The molecule has 1 saturated heterocycles. The van der Waals surface area contributed by atoms with Crippen LogP contribution in [0, 0.1) is 11.8 Å². The Bertz CT molecular complexity index is 802. The van der Waals surface area contributed by atoms with Gasteiger partial charge in [-0.25, -0.2) is 0 Å². The maximum Gasteiger partial charge on any atom is 0.417 e. The summed E-state index contributed by atoms with van der Waals surface area (Å²) >= 11 is 0. The molecule has 3 rings (SSSR count). The van der Waals surface area contributed by atoms with Crippen molar-refractivity contribution >= 4 is 17.5 Å². The number of rotatable bonds is 5. The number of pyridine rings is 1. The van der Waals surface area contributed by atoms with Gasteiger partial charge in [-0.2, -0.15) is 13.2 Å². The molecule has 0 spiro atoms. The molecule has 1 N–H and O–H groups in total. The van der Waals surface area contributed by atoms with Gasteiger partial charge in [-0.05, 0) is 37.3 Å². The van der Waals surface area contributed by atoms with Gasteiger partial charge in [0.15, 0.2) is 5.65 Å². The van der Waals surface area contributed by atoms with Crippen LogP contribution in [0.1, 0.15) is 38.7 Å². The molecule has 1 aliphatic rings. The summed E-state index contributed by atoms with van der Waals surface area (Å²) in [5, 5.41) is 11.0. The third-order valence-corrected chi connectivity index (χ3v) is 4.81. The molecule has 3 heterocycles. The van der Waals surface area contributed by atoms with Gasteiger partial charge < -0.3 is 10.2 Å². The summed E-state index contributed by atoms with van der Waals surface area (Å²) < 4.78 is 40.4. The van der Waals surface area contributed by atoms with E-state index < -0.39 is 11.7 Å². The molecule has 27 heavy (non-hydrogen) atoms. The molecule has 0 unspecified atom stereocenters. The predicted molar refractivity (Wildman–Crippen MR) is 95.4 cm³/mol. The van der Waals surface area contributed by atoms with Gasteiger partial charge in [0.25, 0.3) is 0 Å². The molecule has 1 fully saturated rings. The van der Waals surface area contributed by atoms with Crippen LogP contribution in [-0.4, -0.2) is 40.1 Å². The van der Waals surface area contributed by atoms with Gasteiger partial charge in [-0.1, -0.05) is 13.8 Å². The second-order valence-electron chi connectivity index (χ2n) is 7.40. The lowest BCUT2D eigenvalue weighted by molar-refractivity contribution is -0.137. The van der Waals surface area contributed by atoms with Crippen LogP contribution < -0.4 is 10.2 Å². The summed E-state index contributed by atoms with van der Waals surface area (Å²) in [6, 6.07) is 2.30. The molecule has 2 aromatic rings. The van der Waals surface area contributed by atoms with Crippen LogP contribution in [0.15, 0.2) is 18.3 Å². The summed E-state index contributed by atoms with van der Waals surface area (Å²) in [5.41, 5.74) is -0.405. The number of hydrogen-bond donors (Lipinski definition) is 1. The highest BCUT2D eigenvalue weighted by Crippen LogP contribution is 2.30. The van der Waals surface area contributed by atoms with Crippen molar-refractivity contribution in [1.82, 2.24) is 19.9 Å². The van der Waals surface area contributed by atoms with E-state index in [4.69, 9.17) is 0 Å². The van der Waals surface area contributed by atoms with Gasteiger partial charge in [0.2, 0.25) is 11.9 Å². The summed E-state index contributed by atoms with van der Waals surface area (Å²) in [7, 11) is 0. The number of hydrogen-bond acceptors (Lipinski definition) is 4. The minimum absolute atomic E-state index is 0.00912. The Hall–Kier alpha value is -2.32. The first-order valence-electron chi connectivity index (χ1n) is 9.20. The van der Waals surface area contributed by atoms with Crippen LogP contribution in [0.25, 0.3) is 5.65 Å². The molecule has 0 aromatic carbocycles. The lowest BCUT2D eigenvalue weighted by atomic mass is 9.97. The summed E-state index contributed by atoms with van der Waals surface area (Å²) in [6.07, 6.45) is -0.977. The fraction of sp³-hybridized carbons (Fsp3) is 0.611. The van der Waals surface area contributed by atoms with E-state index in [1.165, 1.54) is 10.5 Å². The molecule has 6 nitrogen and oxygen atoms in total. The average molecular weight is 383 g/mol. The van der Waals surface area contributed by atoms with E-state index in [2.05, 4.69) is 29.4 Å². The first-order chi connectivity index (χ1) is 12.8. The minimum atomic E-state index is -4.43. The van der Waals surface area contributed by atoms with E-state index >= 15 is 0 Å². The van der Waals surface area contributed by atoms with Gasteiger partial charge in [-0.3, -0.25) is 9.20 Å². The van der Waals surface area contributed by atoms with Crippen molar-refractivity contribution in [3.05, 3.63) is 23.9 Å². The second-order valence-corrected chi connectivity index (χ2v) is 7.40. The fourth-order valence-corrected chi connectivity index (χ4v) is 3.26. The zero-order chi connectivity index (χ0) is 19.6. The van der Waals surface area contributed by atoms with Crippen LogP contribution in [-0.2, 0) is 11.0 Å². The highest BCUT2D eigenvalue weighted by Gasteiger charge is 2.32. The Morgan fingerprint density at radius 3 is 2.81 bits per heavy atom. The van der Waals surface area contributed by atoms with Crippen molar-refractivity contribution < 1.29 is 18.0 Å². The van der Waals surface area contributed by atoms with Crippen molar-refractivity contribution in [1.29, 1.82) is 0 Å². The highest BCUT2D eigenvalue weighted by atomic mass is 19.4. The number of anilines is 1. The van der Waals surface area contributed by atoms with Crippen molar-refractivity contribution in [3.8, 4) is 0 Å². The fourth-order valence-electron chi connectivity index (χ4n) is 3.26. The van der Waals surface area contributed by atoms with E-state index in [0.29, 0.717) is 37.1 Å². The van der Waals surface area contributed by atoms with E-state index in [-0.39, 0.29) is 11.8 Å². The van der Waals surface area contributed by atoms with Crippen molar-refractivity contribution in [2.75, 3.05) is 24.5 Å². The van der Waals surface area contributed by atoms with E-state index in [9.17, 15) is 18.0 Å². The molecular formula is C18H24F3N5O. The number of nitrogens with zero attached hydrogens (tertiary/aromatic N) is 4. The normalized spacial score (nSPS) is 18.3. The summed E-state index contributed by atoms with van der Waals surface area (Å²) in [4.78, 5) is 14.3. The van der Waals surface area contributed by atoms with Gasteiger partial charge in [0.05, 0.1) is 11.5 Å². The molecule has 0 radical (unpaired) electrons. The van der Waals surface area contributed by atoms with E-state index in [1.54, 1.807) is 0 Å². The number of carbonyl (C=O) groups is 1. The molecule has 1 atom stereocenters. The SMILES string of the molecule is CC(C)CCNC(=O)[C@H]1CCCN(c2nnc3ccc(C(F)(F)F)cn23)C1. The number of piperidine rings is 1. The lowest BCUT2D eigenvalue weighted by Crippen LogP contribution is -2.44. The number of halogens is 3. The summed E-state index contributed by atoms with van der Waals surface area (Å²) in [5.74, 6) is 0.642. The maximum absolute atomic E-state index is 13.0. The third-order valence-electron chi connectivity index (χ3n) is 4.81. The van der Waals surface area contributed by atoms with Crippen LogP contribution in [0.3, 0.4) is 0 Å². The molecule has 0 bridgehead atoms. The van der Waals surface area contributed by atoms with Crippen molar-refractivity contribution in [2.24, 2.45) is 11.8 Å². The zero-order valence-corrected chi connectivity index (χ0v) is 15.5. The first-order valence-corrected chi connectivity index (χ1v) is 9.20. The van der Waals surface area contributed by atoms with Crippen LogP contribution >= 0.6 is 0 Å². The molecule has 0 aliphatic carbocycles. The Morgan fingerprint density at radius 1 is 1.33 bits per heavy atom. The molecular weight excluding hydrogens is 359 g/mol. The third kappa shape index (κ3) is 4.51. The van der Waals surface area contributed by atoms with Gasteiger partial charge >= 0.3 is 6.18 Å². The predicted octanol–water partition coefficient (Wildman–Crippen LogP) is 3.13. The number of nitrogens with one attached hydrogen (secondary N) is 1. The number of aromatic nitrogens is 3. The molecule has 1 amide bonds. The van der Waals surface area contributed by atoms with Gasteiger partial charge in [-0.15, -0.1) is 10.2 Å². The van der Waals surface area contributed by atoms with Crippen LogP contribution in [0.5, 0.6) is 0 Å². The Labute approximate surface area is 155 Å². The average Bonchev–Trinajstić information content (AvgIpc) is 3.04. The molecule has 148 valence electrons. The van der Waals surface area contributed by atoms with Crippen molar-refractivity contribution in [3.63, 3.8) is 0 Å². The Morgan fingerprint density at radius 2 is 2.11 bits per heavy atom. The number of alkyl halides is 3. The van der Waals surface area contributed by atoms with Crippen molar-refractivity contribution in [2.45, 2.75) is 39.3 Å². The molecule has 2 aromatic heterocycles. The highest BCUT2D eigenvalue weighted by molar-refractivity contribution is 5.79. The molecule has 9 heteroatoms. The van der Waals surface area contributed by atoms with E-state index in [1.807, 2.05) is 4.90 Å². The number of carbonyl (C=O) groups excluding carboxylic acids is 1. The minimum Gasteiger partial charge on any atom is -0.356 e. The quantitative estimate of drug-likeness (QED) is 0.862. The smallest absolute Gasteiger partial charge is 0.356 e. The van der Waals surface area contributed by atoms with Gasteiger partial charge in [0.1, 0.15) is 0 Å². The zero-order valence-electron chi connectivity index (χ0n) is 15.5. The Kier molecular flexibility index (Phi) is 5.57. The standard InChI is InChI=1S/C18H24F3N5O/c1-12(2)7-8-22-16(27)13-4-3-9-25(10-13)17-24-23-15-6-5-14(11-26(15)17)18(19,20)21/h5-6,11-13H,3-4,7-10H2,1-2H3,(H,22,27)/t13-/m0/s1. The molecule has 0 saturated carbocycles. The summed E-state index contributed by atoms with van der Waals surface area (Å²) in [6.45, 7) is 5.88. The van der Waals surface area contributed by atoms with E-state index in [0.717, 1.165) is 31.5 Å². The molecule has 1 aliphatic heterocycles. The van der Waals surface area contributed by atoms with Gasteiger partial charge in [0, 0.05) is 25.8 Å². The topological polar surface area (TPSA) is 62.5 Å². The largest absolute Gasteiger partial charge is 0.417 e.